The molecule has 138 valence electrons. The molecule has 0 radical (unpaired) electrons. The number of aromatic nitrogens is 1. The number of hydrogen-bond acceptors (Lipinski definition) is 4. The van der Waals surface area contributed by atoms with Gasteiger partial charge in [-0.25, -0.2) is 0 Å². The van der Waals surface area contributed by atoms with E-state index in [1.165, 1.54) is 0 Å². The zero-order valence-corrected chi connectivity index (χ0v) is 18.7. The normalized spacial score (nSPS) is 11.2. The van der Waals surface area contributed by atoms with E-state index in [9.17, 15) is 0 Å². The van der Waals surface area contributed by atoms with Crippen molar-refractivity contribution in [1.82, 2.24) is 15.8 Å². The molecule has 1 aromatic heterocycles. The molecule has 0 saturated carbocycles. The lowest BCUT2D eigenvalue weighted by molar-refractivity contribution is 0.372. The van der Waals surface area contributed by atoms with Crippen LogP contribution in [0.1, 0.15) is 36.8 Å². The molecule has 0 atom stereocenters. The first kappa shape index (κ1) is 21.8. The molecule has 6 nitrogen and oxygen atoms in total. The lowest BCUT2D eigenvalue weighted by atomic mass is 10.1. The van der Waals surface area contributed by atoms with E-state index in [0.717, 1.165) is 27.2 Å². The number of rotatable bonds is 6. The van der Waals surface area contributed by atoms with Crippen molar-refractivity contribution < 1.29 is 9.26 Å². The van der Waals surface area contributed by atoms with Crippen LogP contribution in [0.25, 0.3) is 0 Å². The number of benzene rings is 1. The highest BCUT2D eigenvalue weighted by atomic mass is 127. The van der Waals surface area contributed by atoms with E-state index in [4.69, 9.17) is 9.26 Å². The van der Waals surface area contributed by atoms with Gasteiger partial charge in [0.25, 0.3) is 0 Å². The highest BCUT2D eigenvalue weighted by Crippen LogP contribution is 2.22. The molecular formula is C17H24BrIN4O2. The number of methoxy groups -OCH3 is 1. The Bertz CT molecular complexity index is 704. The van der Waals surface area contributed by atoms with Crippen molar-refractivity contribution >= 4 is 45.9 Å². The zero-order valence-electron chi connectivity index (χ0n) is 14.8. The third kappa shape index (κ3) is 6.50. The van der Waals surface area contributed by atoms with E-state index >= 15 is 0 Å². The lowest BCUT2D eigenvalue weighted by Gasteiger charge is -2.13. The topological polar surface area (TPSA) is 71.7 Å². The van der Waals surface area contributed by atoms with Gasteiger partial charge in [0.05, 0.1) is 19.3 Å². The Morgan fingerprint density at radius 2 is 2.00 bits per heavy atom. The first-order valence-corrected chi connectivity index (χ1v) is 8.55. The van der Waals surface area contributed by atoms with Crippen LogP contribution < -0.4 is 15.4 Å². The monoisotopic (exact) mass is 522 g/mol. The van der Waals surface area contributed by atoms with Crippen molar-refractivity contribution in [3.05, 3.63) is 45.8 Å². The highest BCUT2D eigenvalue weighted by Gasteiger charge is 2.09. The number of aliphatic imine (C=N–C) groups is 1. The SMILES string of the molecule is CN=C(NCc1cc(C(C)C)no1)NCc1cc(Br)ccc1OC.I. The summed E-state index contributed by atoms with van der Waals surface area (Å²) in [5.74, 6) is 2.64. The molecule has 0 aliphatic rings. The molecule has 25 heavy (non-hydrogen) atoms. The molecule has 0 aliphatic carbocycles. The van der Waals surface area contributed by atoms with E-state index in [-0.39, 0.29) is 24.0 Å². The molecule has 0 unspecified atom stereocenters. The van der Waals surface area contributed by atoms with Crippen molar-refractivity contribution in [2.45, 2.75) is 32.9 Å². The molecule has 0 fully saturated rings. The summed E-state index contributed by atoms with van der Waals surface area (Å²) in [5, 5.41) is 10.5. The Labute approximate surface area is 173 Å². The molecule has 1 aromatic carbocycles. The van der Waals surface area contributed by atoms with Crippen molar-refractivity contribution in [1.29, 1.82) is 0 Å². The van der Waals surface area contributed by atoms with E-state index in [1.807, 2.05) is 24.3 Å². The van der Waals surface area contributed by atoms with Crippen LogP contribution in [0, 0.1) is 0 Å². The number of halogens is 2. The van der Waals surface area contributed by atoms with Gasteiger partial charge in [-0.1, -0.05) is 34.9 Å². The summed E-state index contributed by atoms with van der Waals surface area (Å²) in [7, 11) is 3.39. The summed E-state index contributed by atoms with van der Waals surface area (Å²) in [5.41, 5.74) is 1.99. The van der Waals surface area contributed by atoms with Gasteiger partial charge in [-0.05, 0) is 24.1 Å². The second-order valence-electron chi connectivity index (χ2n) is 5.61. The zero-order chi connectivity index (χ0) is 17.5. The van der Waals surface area contributed by atoms with Crippen LogP contribution in [0.4, 0.5) is 0 Å². The van der Waals surface area contributed by atoms with Crippen molar-refractivity contribution in [2.75, 3.05) is 14.2 Å². The number of guanidine groups is 1. The van der Waals surface area contributed by atoms with Crippen LogP contribution in [-0.2, 0) is 13.1 Å². The van der Waals surface area contributed by atoms with Gasteiger partial charge >= 0.3 is 0 Å². The Morgan fingerprint density at radius 1 is 1.28 bits per heavy atom. The average molecular weight is 523 g/mol. The molecule has 8 heteroatoms. The molecule has 1 heterocycles. The fourth-order valence-electron chi connectivity index (χ4n) is 2.14. The Hall–Kier alpha value is -1.29. The Morgan fingerprint density at radius 3 is 2.60 bits per heavy atom. The third-order valence-corrected chi connectivity index (χ3v) is 4.00. The van der Waals surface area contributed by atoms with Crippen molar-refractivity contribution in [3.63, 3.8) is 0 Å². The predicted octanol–water partition coefficient (Wildman–Crippen LogP) is 4.05. The molecular weight excluding hydrogens is 499 g/mol. The second-order valence-corrected chi connectivity index (χ2v) is 6.52. The Balaban J connectivity index is 0.00000312. The van der Waals surface area contributed by atoms with E-state index < -0.39 is 0 Å². The largest absolute Gasteiger partial charge is 0.496 e. The van der Waals surface area contributed by atoms with Crippen LogP contribution in [0.2, 0.25) is 0 Å². The molecule has 0 bridgehead atoms. The van der Waals surface area contributed by atoms with Crippen LogP contribution in [-0.4, -0.2) is 25.3 Å². The molecule has 2 rings (SSSR count). The predicted molar refractivity (Wildman–Crippen MR) is 114 cm³/mol. The number of ether oxygens (including phenoxy) is 1. The summed E-state index contributed by atoms with van der Waals surface area (Å²) >= 11 is 3.48. The summed E-state index contributed by atoms with van der Waals surface area (Å²) in [6.45, 7) is 5.28. The minimum Gasteiger partial charge on any atom is -0.496 e. The molecule has 2 aromatic rings. The first-order chi connectivity index (χ1) is 11.5. The van der Waals surface area contributed by atoms with Gasteiger partial charge in [0.15, 0.2) is 11.7 Å². The van der Waals surface area contributed by atoms with Crippen LogP contribution >= 0.6 is 39.9 Å². The molecule has 0 saturated heterocycles. The summed E-state index contributed by atoms with van der Waals surface area (Å²) in [4.78, 5) is 4.22. The second kappa shape index (κ2) is 10.6. The summed E-state index contributed by atoms with van der Waals surface area (Å²) < 4.78 is 11.7. The maximum Gasteiger partial charge on any atom is 0.191 e. The lowest BCUT2D eigenvalue weighted by Crippen LogP contribution is -2.36. The van der Waals surface area contributed by atoms with Gasteiger partial charge in [-0.2, -0.15) is 0 Å². The van der Waals surface area contributed by atoms with Gasteiger partial charge in [0.2, 0.25) is 0 Å². The molecule has 0 spiro atoms. The first-order valence-electron chi connectivity index (χ1n) is 7.76. The standard InChI is InChI=1S/C17H23BrN4O2.HI/c1-11(2)15-8-14(24-22-15)10-21-17(19-3)20-9-12-7-13(18)5-6-16(12)23-4;/h5-8,11H,9-10H2,1-4H3,(H2,19,20,21);1H. The van der Waals surface area contributed by atoms with Gasteiger partial charge in [-0.3, -0.25) is 4.99 Å². The average Bonchev–Trinajstić information content (AvgIpc) is 3.04. The fraction of sp³-hybridized carbons (Fsp3) is 0.412. The third-order valence-electron chi connectivity index (χ3n) is 3.51. The smallest absolute Gasteiger partial charge is 0.191 e. The fourth-order valence-corrected chi connectivity index (χ4v) is 2.55. The number of hydrogen-bond donors (Lipinski definition) is 2. The van der Waals surface area contributed by atoms with Gasteiger partial charge in [0, 0.05) is 29.7 Å². The van der Waals surface area contributed by atoms with Crippen LogP contribution in [0.3, 0.4) is 0 Å². The maximum atomic E-state index is 5.38. The quantitative estimate of drug-likeness (QED) is 0.340. The molecule has 0 amide bonds. The minimum atomic E-state index is 0. The van der Waals surface area contributed by atoms with Crippen LogP contribution in [0.5, 0.6) is 5.75 Å². The number of nitrogens with zero attached hydrogens (tertiary/aromatic N) is 2. The summed E-state index contributed by atoms with van der Waals surface area (Å²) in [6.07, 6.45) is 0. The number of nitrogens with one attached hydrogen (secondary N) is 2. The maximum absolute atomic E-state index is 5.38. The van der Waals surface area contributed by atoms with Crippen molar-refractivity contribution in [2.24, 2.45) is 4.99 Å². The van der Waals surface area contributed by atoms with Crippen LogP contribution in [0.15, 0.2) is 38.3 Å². The van der Waals surface area contributed by atoms with E-state index in [2.05, 4.69) is 50.6 Å². The van der Waals surface area contributed by atoms with Gasteiger partial charge in [0.1, 0.15) is 5.75 Å². The van der Waals surface area contributed by atoms with Gasteiger partial charge in [-0.15, -0.1) is 24.0 Å². The molecule has 0 aliphatic heterocycles. The van der Waals surface area contributed by atoms with E-state index in [1.54, 1.807) is 14.2 Å². The highest BCUT2D eigenvalue weighted by molar-refractivity contribution is 14.0. The molecule has 2 N–H and O–H groups in total. The minimum absolute atomic E-state index is 0. The summed E-state index contributed by atoms with van der Waals surface area (Å²) in [6, 6.07) is 7.86. The van der Waals surface area contributed by atoms with Gasteiger partial charge < -0.3 is 19.9 Å². The van der Waals surface area contributed by atoms with E-state index in [0.29, 0.717) is 25.0 Å². The van der Waals surface area contributed by atoms with Crippen molar-refractivity contribution in [3.8, 4) is 5.75 Å². The Kier molecular flexibility index (Phi) is 9.26.